The molecule has 1 aromatic carbocycles. The Balaban J connectivity index is 2.55. The fraction of sp³-hybridized carbons (Fsp3) is 0.100. The van der Waals surface area contributed by atoms with Crippen LogP contribution >= 0.6 is 0 Å². The van der Waals surface area contributed by atoms with E-state index >= 15 is 0 Å². The number of rotatable bonds is 2. The van der Waals surface area contributed by atoms with E-state index in [9.17, 15) is 0 Å². The molecule has 0 saturated carbocycles. The zero-order valence-corrected chi connectivity index (χ0v) is 7.12. The molecule has 1 radical (unpaired) electrons. The SMILES string of the molecule is C=CC(N)c1nc2[c]cccc2[nH]1. The number of nitrogens with two attached hydrogens (primary N) is 1. The Labute approximate surface area is 76.3 Å². The van der Waals surface area contributed by atoms with Crippen molar-refractivity contribution in [3.63, 3.8) is 0 Å². The maximum absolute atomic E-state index is 5.73. The lowest BCUT2D eigenvalue weighted by Crippen LogP contribution is -2.07. The summed E-state index contributed by atoms with van der Waals surface area (Å²) in [4.78, 5) is 7.38. The second-order valence-electron chi connectivity index (χ2n) is 2.82. The molecule has 1 aromatic heterocycles. The first-order valence-corrected chi connectivity index (χ1v) is 4.05. The fourth-order valence-electron chi connectivity index (χ4n) is 1.18. The number of nitrogens with one attached hydrogen (secondary N) is 1. The van der Waals surface area contributed by atoms with E-state index < -0.39 is 0 Å². The van der Waals surface area contributed by atoms with Gasteiger partial charge in [0.25, 0.3) is 0 Å². The molecule has 0 aliphatic heterocycles. The van der Waals surface area contributed by atoms with Crippen molar-refractivity contribution in [1.82, 2.24) is 9.97 Å². The number of aromatic amines is 1. The first kappa shape index (κ1) is 8.01. The molecular weight excluding hydrogens is 162 g/mol. The summed E-state index contributed by atoms with van der Waals surface area (Å²) in [5, 5.41) is 0. The predicted molar refractivity (Wildman–Crippen MR) is 52.1 cm³/mol. The average Bonchev–Trinajstić information content (AvgIpc) is 2.59. The van der Waals surface area contributed by atoms with Gasteiger partial charge in [0.1, 0.15) is 5.82 Å². The number of hydrogen-bond donors (Lipinski definition) is 2. The average molecular weight is 172 g/mol. The smallest absolute Gasteiger partial charge is 0.128 e. The monoisotopic (exact) mass is 172 g/mol. The van der Waals surface area contributed by atoms with E-state index in [4.69, 9.17) is 5.73 Å². The summed E-state index contributed by atoms with van der Waals surface area (Å²) in [6, 6.07) is 8.46. The van der Waals surface area contributed by atoms with E-state index in [1.54, 1.807) is 6.08 Å². The quantitative estimate of drug-likeness (QED) is 0.675. The molecule has 1 atom stereocenters. The van der Waals surface area contributed by atoms with Gasteiger partial charge in [-0.3, -0.25) is 0 Å². The van der Waals surface area contributed by atoms with Crippen LogP contribution in [0.2, 0.25) is 0 Å². The normalized spacial score (nSPS) is 13.0. The molecule has 3 nitrogen and oxygen atoms in total. The number of nitrogens with zero attached hydrogens (tertiary/aromatic N) is 1. The van der Waals surface area contributed by atoms with Crippen LogP contribution in [0.4, 0.5) is 0 Å². The Morgan fingerprint density at radius 1 is 1.69 bits per heavy atom. The molecule has 3 heteroatoms. The summed E-state index contributed by atoms with van der Waals surface area (Å²) in [5.41, 5.74) is 7.50. The van der Waals surface area contributed by atoms with Gasteiger partial charge in [-0.1, -0.05) is 18.2 Å². The minimum atomic E-state index is -0.235. The topological polar surface area (TPSA) is 54.7 Å². The van der Waals surface area contributed by atoms with Gasteiger partial charge < -0.3 is 10.7 Å². The number of fused-ring (bicyclic) bond motifs is 1. The van der Waals surface area contributed by atoms with Gasteiger partial charge >= 0.3 is 0 Å². The van der Waals surface area contributed by atoms with Crippen LogP contribution in [0.25, 0.3) is 11.0 Å². The zero-order chi connectivity index (χ0) is 9.26. The van der Waals surface area contributed by atoms with E-state index in [1.807, 2.05) is 18.2 Å². The Morgan fingerprint density at radius 3 is 3.23 bits per heavy atom. The van der Waals surface area contributed by atoms with Crippen molar-refractivity contribution < 1.29 is 0 Å². The largest absolute Gasteiger partial charge is 0.340 e. The van der Waals surface area contributed by atoms with Crippen molar-refractivity contribution in [3.05, 3.63) is 42.7 Å². The third kappa shape index (κ3) is 1.34. The van der Waals surface area contributed by atoms with Crippen LogP contribution in [0, 0.1) is 6.07 Å². The molecule has 0 bridgehead atoms. The minimum absolute atomic E-state index is 0.235. The summed E-state index contributed by atoms with van der Waals surface area (Å²) in [7, 11) is 0. The van der Waals surface area contributed by atoms with Gasteiger partial charge in [0, 0.05) is 6.07 Å². The van der Waals surface area contributed by atoms with Crippen molar-refractivity contribution in [2.45, 2.75) is 6.04 Å². The van der Waals surface area contributed by atoms with Crippen molar-refractivity contribution in [3.8, 4) is 0 Å². The van der Waals surface area contributed by atoms with Gasteiger partial charge in [0.05, 0.1) is 17.1 Å². The van der Waals surface area contributed by atoms with Gasteiger partial charge in [0.2, 0.25) is 0 Å². The molecule has 0 aliphatic carbocycles. The summed E-state index contributed by atoms with van der Waals surface area (Å²) in [5.74, 6) is 0.729. The zero-order valence-electron chi connectivity index (χ0n) is 7.12. The molecule has 0 amide bonds. The van der Waals surface area contributed by atoms with Gasteiger partial charge in [-0.05, 0) is 6.07 Å². The third-order valence-corrected chi connectivity index (χ3v) is 1.90. The number of imidazole rings is 1. The van der Waals surface area contributed by atoms with Crippen molar-refractivity contribution >= 4 is 11.0 Å². The molecule has 65 valence electrons. The van der Waals surface area contributed by atoms with Crippen molar-refractivity contribution in [2.24, 2.45) is 5.73 Å². The van der Waals surface area contributed by atoms with E-state index in [0.29, 0.717) is 0 Å². The molecule has 3 N–H and O–H groups in total. The van der Waals surface area contributed by atoms with E-state index in [1.165, 1.54) is 0 Å². The summed E-state index contributed by atoms with van der Waals surface area (Å²) in [6.45, 7) is 3.61. The first-order valence-electron chi connectivity index (χ1n) is 4.05. The molecule has 0 saturated heterocycles. The van der Waals surface area contributed by atoms with Gasteiger partial charge in [-0.15, -0.1) is 6.58 Å². The number of hydrogen-bond acceptors (Lipinski definition) is 2. The third-order valence-electron chi connectivity index (χ3n) is 1.90. The van der Waals surface area contributed by atoms with E-state index in [0.717, 1.165) is 16.9 Å². The lowest BCUT2D eigenvalue weighted by Gasteiger charge is -1.98. The van der Waals surface area contributed by atoms with Crippen LogP contribution in [0.3, 0.4) is 0 Å². The number of aromatic nitrogens is 2. The molecule has 1 heterocycles. The van der Waals surface area contributed by atoms with Gasteiger partial charge in [-0.25, -0.2) is 4.98 Å². The van der Waals surface area contributed by atoms with Crippen molar-refractivity contribution in [1.29, 1.82) is 0 Å². The molecule has 1 unspecified atom stereocenters. The highest BCUT2D eigenvalue weighted by molar-refractivity contribution is 5.74. The number of benzene rings is 1. The molecule has 0 aliphatic rings. The Morgan fingerprint density at radius 2 is 2.54 bits per heavy atom. The van der Waals surface area contributed by atoms with Crippen LogP contribution < -0.4 is 5.73 Å². The first-order chi connectivity index (χ1) is 6.31. The van der Waals surface area contributed by atoms with Crippen LogP contribution in [0.5, 0.6) is 0 Å². The van der Waals surface area contributed by atoms with Crippen LogP contribution in [0.1, 0.15) is 11.9 Å². The highest BCUT2D eigenvalue weighted by Crippen LogP contribution is 2.13. The highest BCUT2D eigenvalue weighted by Gasteiger charge is 2.06. The van der Waals surface area contributed by atoms with Crippen LogP contribution in [-0.4, -0.2) is 9.97 Å². The predicted octanol–water partition coefficient (Wildman–Crippen LogP) is 1.55. The second kappa shape index (κ2) is 3.03. The maximum atomic E-state index is 5.73. The standard InChI is InChI=1S/C10H10N3/c1-2-7(11)10-12-8-5-3-4-6-9(8)13-10/h2-5,7H,1,11H2,(H,12,13). The molecule has 2 aromatic rings. The Hall–Kier alpha value is -1.61. The van der Waals surface area contributed by atoms with E-state index in [-0.39, 0.29) is 6.04 Å². The molecular formula is C10H10N3. The Bertz CT molecular complexity index is 397. The highest BCUT2D eigenvalue weighted by atomic mass is 15.0. The fourth-order valence-corrected chi connectivity index (χ4v) is 1.18. The van der Waals surface area contributed by atoms with Crippen LogP contribution in [0.15, 0.2) is 30.9 Å². The number of para-hydroxylation sites is 1. The summed E-state index contributed by atoms with van der Waals surface area (Å²) in [6.07, 6.45) is 1.65. The molecule has 0 spiro atoms. The Kier molecular flexibility index (Phi) is 1.87. The molecule has 13 heavy (non-hydrogen) atoms. The van der Waals surface area contributed by atoms with Gasteiger partial charge in [-0.2, -0.15) is 0 Å². The van der Waals surface area contributed by atoms with E-state index in [2.05, 4.69) is 22.6 Å². The lowest BCUT2D eigenvalue weighted by molar-refractivity contribution is 0.838. The molecule has 0 fully saturated rings. The van der Waals surface area contributed by atoms with Crippen LogP contribution in [-0.2, 0) is 0 Å². The minimum Gasteiger partial charge on any atom is -0.340 e. The number of H-pyrrole nitrogens is 1. The lowest BCUT2D eigenvalue weighted by atomic mass is 10.3. The van der Waals surface area contributed by atoms with Crippen molar-refractivity contribution in [2.75, 3.05) is 0 Å². The summed E-state index contributed by atoms with van der Waals surface area (Å²) >= 11 is 0. The summed E-state index contributed by atoms with van der Waals surface area (Å²) < 4.78 is 0. The maximum Gasteiger partial charge on any atom is 0.128 e. The second-order valence-corrected chi connectivity index (χ2v) is 2.82. The molecule has 2 rings (SSSR count). The van der Waals surface area contributed by atoms with Gasteiger partial charge in [0.15, 0.2) is 0 Å².